The van der Waals surface area contributed by atoms with Crippen molar-refractivity contribution in [2.45, 2.75) is 45.3 Å². The largest absolute Gasteiger partial charge is 0.339 e. The molecular weight excluding hydrogens is 326 g/mol. The Morgan fingerprint density at radius 3 is 2.58 bits per heavy atom. The van der Waals surface area contributed by atoms with Gasteiger partial charge in [-0.2, -0.15) is 4.98 Å². The van der Waals surface area contributed by atoms with Crippen LogP contribution in [0.15, 0.2) is 34.9 Å². The van der Waals surface area contributed by atoms with Crippen molar-refractivity contribution >= 4 is 9.84 Å². The SMILES string of the molecule is CC(C)c1nc(CN(Cc2ccccc2)C2CCS(=O)(=O)C2)no1. The van der Waals surface area contributed by atoms with Gasteiger partial charge >= 0.3 is 0 Å². The van der Waals surface area contributed by atoms with Crippen LogP contribution < -0.4 is 0 Å². The molecule has 0 saturated carbocycles. The highest BCUT2D eigenvalue weighted by Gasteiger charge is 2.33. The van der Waals surface area contributed by atoms with E-state index >= 15 is 0 Å². The van der Waals surface area contributed by atoms with Crippen molar-refractivity contribution in [3.8, 4) is 0 Å². The van der Waals surface area contributed by atoms with E-state index in [2.05, 4.69) is 15.0 Å². The molecule has 2 heterocycles. The molecule has 1 unspecified atom stereocenters. The standard InChI is InChI=1S/C17H23N3O3S/c1-13(2)17-18-16(19-23-17)11-20(10-14-6-4-3-5-7-14)15-8-9-24(21,22)12-15/h3-7,13,15H,8-12H2,1-2H3. The Bertz CT molecular complexity index is 771. The van der Waals surface area contributed by atoms with E-state index in [0.717, 1.165) is 5.56 Å². The highest BCUT2D eigenvalue weighted by molar-refractivity contribution is 7.91. The first-order chi connectivity index (χ1) is 11.4. The van der Waals surface area contributed by atoms with Gasteiger partial charge in [-0.3, -0.25) is 4.90 Å². The van der Waals surface area contributed by atoms with Gasteiger partial charge in [-0.25, -0.2) is 8.42 Å². The number of rotatable bonds is 6. The van der Waals surface area contributed by atoms with Crippen LogP contribution >= 0.6 is 0 Å². The predicted molar refractivity (Wildman–Crippen MR) is 91.1 cm³/mol. The fourth-order valence-corrected chi connectivity index (χ4v) is 4.70. The van der Waals surface area contributed by atoms with E-state index in [1.165, 1.54) is 0 Å². The molecule has 1 saturated heterocycles. The molecule has 0 spiro atoms. The fourth-order valence-electron chi connectivity index (χ4n) is 2.94. The Hall–Kier alpha value is -1.73. The third-order valence-electron chi connectivity index (χ3n) is 4.28. The van der Waals surface area contributed by atoms with Crippen molar-refractivity contribution < 1.29 is 12.9 Å². The molecule has 1 aliphatic heterocycles. The van der Waals surface area contributed by atoms with Crippen molar-refractivity contribution in [1.29, 1.82) is 0 Å². The Labute approximate surface area is 142 Å². The molecule has 1 fully saturated rings. The summed E-state index contributed by atoms with van der Waals surface area (Å²) in [5.41, 5.74) is 1.15. The summed E-state index contributed by atoms with van der Waals surface area (Å²) < 4.78 is 29.0. The lowest BCUT2D eigenvalue weighted by Gasteiger charge is -2.26. The lowest BCUT2D eigenvalue weighted by atomic mass is 10.1. The van der Waals surface area contributed by atoms with Crippen LogP contribution in [-0.2, 0) is 22.9 Å². The number of benzene rings is 1. The summed E-state index contributed by atoms with van der Waals surface area (Å²) in [5.74, 6) is 1.87. The van der Waals surface area contributed by atoms with Gasteiger partial charge in [-0.1, -0.05) is 49.3 Å². The van der Waals surface area contributed by atoms with Crippen LogP contribution in [0.25, 0.3) is 0 Å². The zero-order chi connectivity index (χ0) is 17.2. The van der Waals surface area contributed by atoms with E-state index in [9.17, 15) is 8.42 Å². The number of hydrogen-bond acceptors (Lipinski definition) is 6. The molecule has 0 radical (unpaired) electrons. The second-order valence-corrected chi connectivity index (χ2v) is 8.88. The van der Waals surface area contributed by atoms with Crippen molar-refractivity contribution in [3.63, 3.8) is 0 Å². The van der Waals surface area contributed by atoms with Crippen LogP contribution in [-0.4, -0.2) is 41.0 Å². The maximum atomic E-state index is 11.9. The van der Waals surface area contributed by atoms with Gasteiger partial charge in [0.1, 0.15) is 0 Å². The molecule has 0 bridgehead atoms. The summed E-state index contributed by atoms with van der Waals surface area (Å²) in [4.78, 5) is 6.58. The molecule has 0 aliphatic carbocycles. The molecule has 6 nitrogen and oxygen atoms in total. The minimum atomic E-state index is -2.94. The van der Waals surface area contributed by atoms with Gasteiger partial charge in [0, 0.05) is 18.5 Å². The zero-order valence-corrected chi connectivity index (χ0v) is 14.9. The topological polar surface area (TPSA) is 76.3 Å². The second-order valence-electron chi connectivity index (χ2n) is 6.65. The van der Waals surface area contributed by atoms with Crippen LogP contribution in [0.1, 0.15) is 43.5 Å². The molecule has 1 aromatic carbocycles. The van der Waals surface area contributed by atoms with E-state index in [0.29, 0.717) is 31.2 Å². The molecule has 2 aromatic rings. The lowest BCUT2D eigenvalue weighted by Crippen LogP contribution is -2.35. The van der Waals surface area contributed by atoms with Gasteiger partial charge in [-0.15, -0.1) is 0 Å². The van der Waals surface area contributed by atoms with Crippen LogP contribution in [0.5, 0.6) is 0 Å². The summed E-state index contributed by atoms with van der Waals surface area (Å²) >= 11 is 0. The highest BCUT2D eigenvalue weighted by Crippen LogP contribution is 2.22. The number of aromatic nitrogens is 2. The number of sulfone groups is 1. The monoisotopic (exact) mass is 349 g/mol. The van der Waals surface area contributed by atoms with E-state index in [1.54, 1.807) is 0 Å². The highest BCUT2D eigenvalue weighted by atomic mass is 32.2. The average molecular weight is 349 g/mol. The molecule has 0 amide bonds. The maximum Gasteiger partial charge on any atom is 0.229 e. The van der Waals surface area contributed by atoms with Gasteiger partial charge in [-0.05, 0) is 12.0 Å². The van der Waals surface area contributed by atoms with E-state index in [1.807, 2.05) is 44.2 Å². The number of nitrogens with zero attached hydrogens (tertiary/aromatic N) is 3. The third-order valence-corrected chi connectivity index (χ3v) is 6.03. The molecule has 130 valence electrons. The normalized spacial score (nSPS) is 20.1. The zero-order valence-electron chi connectivity index (χ0n) is 14.1. The van der Waals surface area contributed by atoms with Crippen molar-refractivity contribution in [2.75, 3.05) is 11.5 Å². The first-order valence-corrected chi connectivity index (χ1v) is 10.1. The average Bonchev–Trinajstić information content (AvgIpc) is 3.14. The predicted octanol–water partition coefficient (Wildman–Crippen LogP) is 2.38. The van der Waals surface area contributed by atoms with Gasteiger partial charge in [0.05, 0.1) is 18.1 Å². The van der Waals surface area contributed by atoms with Gasteiger partial charge in [0.25, 0.3) is 0 Å². The fraction of sp³-hybridized carbons (Fsp3) is 0.529. The minimum absolute atomic E-state index is 0.00351. The van der Waals surface area contributed by atoms with E-state index < -0.39 is 9.84 Å². The van der Waals surface area contributed by atoms with Crippen molar-refractivity contribution in [1.82, 2.24) is 15.0 Å². The van der Waals surface area contributed by atoms with Crippen LogP contribution in [0.2, 0.25) is 0 Å². The minimum Gasteiger partial charge on any atom is -0.339 e. The summed E-state index contributed by atoms with van der Waals surface area (Å²) in [6, 6.07) is 10.0. The molecule has 0 N–H and O–H groups in total. The molecule has 24 heavy (non-hydrogen) atoms. The Morgan fingerprint density at radius 2 is 2.00 bits per heavy atom. The molecule has 1 atom stereocenters. The van der Waals surface area contributed by atoms with Crippen molar-refractivity contribution in [3.05, 3.63) is 47.6 Å². The smallest absolute Gasteiger partial charge is 0.229 e. The Balaban J connectivity index is 1.78. The quantitative estimate of drug-likeness (QED) is 0.797. The van der Waals surface area contributed by atoms with Crippen LogP contribution in [0.3, 0.4) is 0 Å². The van der Waals surface area contributed by atoms with E-state index in [4.69, 9.17) is 4.52 Å². The van der Waals surface area contributed by atoms with Gasteiger partial charge < -0.3 is 4.52 Å². The van der Waals surface area contributed by atoms with Gasteiger partial charge in [0.2, 0.25) is 5.89 Å². The first kappa shape index (κ1) is 17.1. The summed E-state index contributed by atoms with van der Waals surface area (Å²) in [6.45, 7) is 5.17. The summed E-state index contributed by atoms with van der Waals surface area (Å²) in [7, 11) is -2.94. The molecule has 7 heteroatoms. The summed E-state index contributed by atoms with van der Waals surface area (Å²) in [6.07, 6.45) is 0.657. The second kappa shape index (κ2) is 7.03. The lowest BCUT2D eigenvalue weighted by molar-refractivity contribution is 0.187. The Morgan fingerprint density at radius 1 is 1.25 bits per heavy atom. The molecular formula is C17H23N3O3S. The van der Waals surface area contributed by atoms with Gasteiger partial charge in [0.15, 0.2) is 15.7 Å². The molecule has 1 aliphatic rings. The summed E-state index contributed by atoms with van der Waals surface area (Å²) in [5, 5.41) is 4.05. The third kappa shape index (κ3) is 4.21. The number of hydrogen-bond donors (Lipinski definition) is 0. The molecule has 3 rings (SSSR count). The first-order valence-electron chi connectivity index (χ1n) is 8.24. The van der Waals surface area contributed by atoms with Crippen molar-refractivity contribution in [2.24, 2.45) is 0 Å². The van der Waals surface area contributed by atoms with Crippen LogP contribution in [0.4, 0.5) is 0 Å². The Kier molecular flexibility index (Phi) is 5.01. The van der Waals surface area contributed by atoms with Crippen LogP contribution in [0, 0.1) is 0 Å². The van der Waals surface area contributed by atoms with E-state index in [-0.39, 0.29) is 23.5 Å². The molecule has 1 aromatic heterocycles. The maximum absolute atomic E-state index is 11.9.